The van der Waals surface area contributed by atoms with E-state index in [0.29, 0.717) is 18.2 Å². The van der Waals surface area contributed by atoms with Crippen LogP contribution in [-0.4, -0.2) is 45.6 Å². The van der Waals surface area contributed by atoms with E-state index in [1.165, 1.54) is 16.5 Å². The summed E-state index contributed by atoms with van der Waals surface area (Å²) in [5, 5.41) is 12.4. The van der Waals surface area contributed by atoms with E-state index in [4.69, 9.17) is 0 Å². The normalized spacial score (nSPS) is 17.7. The number of fused-ring (bicyclic) bond motifs is 2. The molecule has 5 rings (SSSR count). The summed E-state index contributed by atoms with van der Waals surface area (Å²) < 4.78 is 0. The molecule has 2 aromatic heterocycles. The summed E-state index contributed by atoms with van der Waals surface area (Å²) in [5.74, 6) is 0.360. The number of piperidine rings is 1. The Kier molecular flexibility index (Phi) is 4.77. The molecule has 2 aromatic carbocycles. The van der Waals surface area contributed by atoms with Gasteiger partial charge in [-0.1, -0.05) is 36.4 Å². The molecule has 0 bridgehead atoms. The Morgan fingerprint density at radius 1 is 1.10 bits per heavy atom. The van der Waals surface area contributed by atoms with Gasteiger partial charge in [0.1, 0.15) is 0 Å². The number of para-hydroxylation sites is 2. The van der Waals surface area contributed by atoms with Crippen LogP contribution < -0.4 is 5.32 Å². The summed E-state index contributed by atoms with van der Waals surface area (Å²) in [6.45, 7) is 3.73. The van der Waals surface area contributed by atoms with Crippen LogP contribution in [0.5, 0.6) is 0 Å². The molecule has 1 aliphatic heterocycles. The lowest BCUT2D eigenvalue weighted by Crippen LogP contribution is -2.40. The van der Waals surface area contributed by atoms with Crippen LogP contribution in [0.15, 0.2) is 54.7 Å². The van der Waals surface area contributed by atoms with E-state index in [9.17, 15) is 4.79 Å². The molecule has 0 radical (unpaired) electrons. The Balaban J connectivity index is 1.20. The minimum atomic E-state index is -0.101. The number of carbonyl (C=O) groups excluding carboxylic acids is 1. The maximum atomic E-state index is 12.6. The Hall–Kier alpha value is -3.12. The van der Waals surface area contributed by atoms with Crippen molar-refractivity contribution in [2.75, 3.05) is 19.6 Å². The maximum Gasteiger partial charge on any atom is 0.272 e. The predicted molar refractivity (Wildman–Crippen MR) is 115 cm³/mol. The lowest BCUT2D eigenvalue weighted by atomic mass is 9.97. The third-order valence-electron chi connectivity index (χ3n) is 5.91. The number of aromatic amines is 2. The summed E-state index contributed by atoms with van der Waals surface area (Å²) in [4.78, 5) is 18.5. The lowest BCUT2D eigenvalue weighted by Gasteiger charge is -2.32. The number of nitrogens with one attached hydrogen (secondary N) is 3. The van der Waals surface area contributed by atoms with Gasteiger partial charge in [0.2, 0.25) is 0 Å². The van der Waals surface area contributed by atoms with Crippen LogP contribution in [0.1, 0.15) is 28.9 Å². The number of nitrogens with zero attached hydrogens (tertiary/aromatic N) is 2. The van der Waals surface area contributed by atoms with Crippen LogP contribution in [0.3, 0.4) is 0 Å². The lowest BCUT2D eigenvalue weighted by molar-refractivity contribution is 0.0927. The van der Waals surface area contributed by atoms with Crippen molar-refractivity contribution in [2.24, 2.45) is 5.92 Å². The molecule has 6 heteroatoms. The standard InChI is InChI=1S/C23H25N5O/c29-23(22-19-8-2-4-10-21(19)26-27-22)25-12-16-6-5-11-28(14-16)15-17-13-24-20-9-3-1-7-18(17)20/h1-4,7-10,13,16,24H,5-6,11-12,14-15H2,(H,25,29)(H,26,27). The van der Waals surface area contributed by atoms with Gasteiger partial charge in [-0.05, 0) is 43.0 Å². The zero-order chi connectivity index (χ0) is 19.6. The monoisotopic (exact) mass is 387 g/mol. The first kappa shape index (κ1) is 17.9. The van der Waals surface area contributed by atoms with Gasteiger partial charge in [-0.15, -0.1) is 0 Å². The highest BCUT2D eigenvalue weighted by Crippen LogP contribution is 2.23. The summed E-state index contributed by atoms with van der Waals surface area (Å²) in [7, 11) is 0. The van der Waals surface area contributed by atoms with E-state index < -0.39 is 0 Å². The molecule has 6 nitrogen and oxygen atoms in total. The molecular weight excluding hydrogens is 362 g/mol. The Morgan fingerprint density at radius 3 is 2.79 bits per heavy atom. The average molecular weight is 387 g/mol. The van der Waals surface area contributed by atoms with E-state index in [1.807, 2.05) is 24.3 Å². The number of H-pyrrole nitrogens is 2. The topological polar surface area (TPSA) is 76.8 Å². The molecule has 0 saturated carbocycles. The molecule has 0 spiro atoms. The number of aromatic nitrogens is 3. The van der Waals surface area contributed by atoms with Crippen molar-refractivity contribution in [1.82, 2.24) is 25.4 Å². The van der Waals surface area contributed by atoms with Gasteiger partial charge in [-0.25, -0.2) is 0 Å². The average Bonchev–Trinajstić information content (AvgIpc) is 3.37. The Morgan fingerprint density at radius 2 is 1.90 bits per heavy atom. The summed E-state index contributed by atoms with van der Waals surface area (Å²) >= 11 is 0. The SMILES string of the molecule is O=C(NCC1CCCN(Cc2c[nH]c3ccccc23)C1)c1n[nH]c2ccccc12. The van der Waals surface area contributed by atoms with E-state index in [1.54, 1.807) is 0 Å². The molecule has 1 aliphatic rings. The molecule has 1 saturated heterocycles. The quantitative estimate of drug-likeness (QED) is 0.489. The van der Waals surface area contributed by atoms with Gasteiger partial charge in [-0.3, -0.25) is 14.8 Å². The molecule has 1 amide bonds. The van der Waals surface area contributed by atoms with Crippen LogP contribution in [0.25, 0.3) is 21.8 Å². The number of hydrogen-bond acceptors (Lipinski definition) is 3. The number of amides is 1. The fourth-order valence-corrected chi connectivity index (χ4v) is 4.42. The fourth-order valence-electron chi connectivity index (χ4n) is 4.42. The summed E-state index contributed by atoms with van der Waals surface area (Å²) in [6, 6.07) is 16.2. The minimum Gasteiger partial charge on any atom is -0.361 e. The molecule has 1 fully saturated rings. The highest BCUT2D eigenvalue weighted by Gasteiger charge is 2.22. The van der Waals surface area contributed by atoms with Gasteiger partial charge in [0.25, 0.3) is 5.91 Å². The van der Waals surface area contributed by atoms with Gasteiger partial charge >= 0.3 is 0 Å². The number of benzene rings is 2. The van der Waals surface area contributed by atoms with Crippen LogP contribution in [0, 0.1) is 5.92 Å². The van der Waals surface area contributed by atoms with Crippen molar-refractivity contribution in [3.63, 3.8) is 0 Å². The van der Waals surface area contributed by atoms with Crippen LogP contribution in [0.2, 0.25) is 0 Å². The van der Waals surface area contributed by atoms with E-state index >= 15 is 0 Å². The molecule has 29 heavy (non-hydrogen) atoms. The van der Waals surface area contributed by atoms with Crippen molar-refractivity contribution in [1.29, 1.82) is 0 Å². The van der Waals surface area contributed by atoms with Gasteiger partial charge in [0.15, 0.2) is 5.69 Å². The fraction of sp³-hybridized carbons (Fsp3) is 0.304. The smallest absolute Gasteiger partial charge is 0.272 e. The Labute approximate surface area is 169 Å². The second kappa shape index (κ2) is 7.72. The first-order valence-electron chi connectivity index (χ1n) is 10.3. The second-order valence-electron chi connectivity index (χ2n) is 7.93. The molecule has 148 valence electrons. The maximum absolute atomic E-state index is 12.6. The van der Waals surface area contributed by atoms with Crippen molar-refractivity contribution in [3.8, 4) is 0 Å². The molecule has 1 atom stereocenters. The highest BCUT2D eigenvalue weighted by molar-refractivity contribution is 6.04. The van der Waals surface area contributed by atoms with Gasteiger partial charge in [0, 0.05) is 42.1 Å². The molecule has 3 N–H and O–H groups in total. The molecule has 1 unspecified atom stereocenters. The summed E-state index contributed by atoms with van der Waals surface area (Å²) in [5.41, 5.74) is 3.90. The highest BCUT2D eigenvalue weighted by atomic mass is 16.1. The largest absolute Gasteiger partial charge is 0.361 e. The number of likely N-dealkylation sites (tertiary alicyclic amines) is 1. The van der Waals surface area contributed by atoms with Crippen molar-refractivity contribution in [3.05, 3.63) is 66.0 Å². The van der Waals surface area contributed by atoms with Crippen LogP contribution in [0.4, 0.5) is 0 Å². The molecule has 0 aliphatic carbocycles. The zero-order valence-electron chi connectivity index (χ0n) is 16.3. The number of rotatable bonds is 5. The van der Waals surface area contributed by atoms with Crippen LogP contribution >= 0.6 is 0 Å². The number of carbonyl (C=O) groups is 1. The predicted octanol–water partition coefficient (Wildman–Crippen LogP) is 3.69. The molecule has 4 aromatic rings. The van der Waals surface area contributed by atoms with Crippen LogP contribution in [-0.2, 0) is 6.54 Å². The van der Waals surface area contributed by atoms with Gasteiger partial charge < -0.3 is 10.3 Å². The van der Waals surface area contributed by atoms with E-state index in [2.05, 4.69) is 55.9 Å². The Bertz CT molecular complexity index is 1140. The van der Waals surface area contributed by atoms with Crippen molar-refractivity contribution < 1.29 is 4.79 Å². The minimum absolute atomic E-state index is 0.101. The summed E-state index contributed by atoms with van der Waals surface area (Å²) in [6.07, 6.45) is 4.43. The third-order valence-corrected chi connectivity index (χ3v) is 5.91. The molecular formula is C23H25N5O. The zero-order valence-corrected chi connectivity index (χ0v) is 16.3. The van der Waals surface area contributed by atoms with Gasteiger partial charge in [-0.2, -0.15) is 5.10 Å². The second-order valence-corrected chi connectivity index (χ2v) is 7.93. The van der Waals surface area contributed by atoms with Gasteiger partial charge in [0.05, 0.1) is 5.52 Å². The third kappa shape index (κ3) is 3.63. The van der Waals surface area contributed by atoms with Crippen molar-refractivity contribution >= 4 is 27.7 Å². The molecule has 3 heterocycles. The first-order chi connectivity index (χ1) is 14.3. The van der Waals surface area contributed by atoms with E-state index in [0.717, 1.165) is 43.4 Å². The van der Waals surface area contributed by atoms with Crippen molar-refractivity contribution in [2.45, 2.75) is 19.4 Å². The van der Waals surface area contributed by atoms with E-state index in [-0.39, 0.29) is 5.91 Å². The number of hydrogen-bond donors (Lipinski definition) is 3. The first-order valence-corrected chi connectivity index (χ1v) is 10.3.